The van der Waals surface area contributed by atoms with E-state index in [-0.39, 0.29) is 11.9 Å². The zero-order chi connectivity index (χ0) is 18.5. The lowest BCUT2D eigenvalue weighted by atomic mass is 9.96. The van der Waals surface area contributed by atoms with Crippen LogP contribution in [0.5, 0.6) is 0 Å². The van der Waals surface area contributed by atoms with Gasteiger partial charge in [0.25, 0.3) is 0 Å². The first-order chi connectivity index (χ1) is 12.5. The number of halogens is 1. The number of carbonyl (C=O) groups excluding carboxylic acids is 1. The zero-order valence-electron chi connectivity index (χ0n) is 14.9. The van der Waals surface area contributed by atoms with Crippen molar-refractivity contribution in [3.05, 3.63) is 99.8 Å². The summed E-state index contributed by atoms with van der Waals surface area (Å²) in [4.78, 5) is 16.8. The largest absolute Gasteiger partial charge is 0.345 e. The third-order valence-corrected chi connectivity index (χ3v) is 4.72. The van der Waals surface area contributed by atoms with E-state index in [0.717, 1.165) is 16.7 Å². The average Bonchev–Trinajstić information content (AvgIpc) is 2.65. The molecule has 1 heterocycles. The molecule has 0 saturated heterocycles. The fourth-order valence-corrected chi connectivity index (χ4v) is 2.98. The summed E-state index contributed by atoms with van der Waals surface area (Å²) in [6.45, 7) is 4.16. The van der Waals surface area contributed by atoms with Crippen molar-refractivity contribution in [2.24, 2.45) is 0 Å². The van der Waals surface area contributed by atoms with Gasteiger partial charge in [-0.15, -0.1) is 0 Å². The predicted octanol–water partition coefficient (Wildman–Crippen LogP) is 4.80. The Morgan fingerprint density at radius 2 is 1.81 bits per heavy atom. The molecule has 2 aromatic carbocycles. The summed E-state index contributed by atoms with van der Waals surface area (Å²) >= 11 is 5.91. The summed E-state index contributed by atoms with van der Waals surface area (Å²) < 4.78 is 0. The number of aromatic nitrogens is 1. The van der Waals surface area contributed by atoms with Gasteiger partial charge in [-0.25, -0.2) is 0 Å². The van der Waals surface area contributed by atoms with E-state index < -0.39 is 0 Å². The van der Waals surface area contributed by atoms with Crippen LogP contribution in [0, 0.1) is 13.8 Å². The Labute approximate surface area is 159 Å². The molecular weight excluding hydrogens is 344 g/mol. The van der Waals surface area contributed by atoms with Crippen LogP contribution in [0.4, 0.5) is 0 Å². The van der Waals surface area contributed by atoms with E-state index in [1.807, 2.05) is 24.3 Å². The number of rotatable bonds is 5. The highest BCUT2D eigenvalue weighted by Gasteiger charge is 2.18. The van der Waals surface area contributed by atoms with Crippen LogP contribution in [0.1, 0.15) is 33.9 Å². The monoisotopic (exact) mass is 364 g/mol. The molecule has 0 aliphatic carbocycles. The summed E-state index contributed by atoms with van der Waals surface area (Å²) in [7, 11) is 0. The topological polar surface area (TPSA) is 42.0 Å². The van der Waals surface area contributed by atoms with E-state index in [1.54, 1.807) is 24.5 Å². The molecule has 0 radical (unpaired) electrons. The predicted molar refractivity (Wildman–Crippen MR) is 105 cm³/mol. The highest BCUT2D eigenvalue weighted by Crippen LogP contribution is 2.24. The number of benzene rings is 2. The number of nitrogens with one attached hydrogen (secondary N) is 1. The zero-order valence-corrected chi connectivity index (χ0v) is 15.6. The molecule has 4 heteroatoms. The molecule has 1 amide bonds. The van der Waals surface area contributed by atoms with E-state index >= 15 is 0 Å². The molecule has 1 aromatic heterocycles. The minimum atomic E-state index is -0.234. The van der Waals surface area contributed by atoms with Crippen LogP contribution in [0.15, 0.2) is 67.0 Å². The maximum Gasteiger partial charge on any atom is 0.225 e. The van der Waals surface area contributed by atoms with Gasteiger partial charge in [0, 0.05) is 17.4 Å². The van der Waals surface area contributed by atoms with Gasteiger partial charge in [0.1, 0.15) is 0 Å². The van der Waals surface area contributed by atoms with Crippen molar-refractivity contribution in [2.75, 3.05) is 0 Å². The van der Waals surface area contributed by atoms with E-state index in [0.29, 0.717) is 11.4 Å². The summed E-state index contributed by atoms with van der Waals surface area (Å²) in [5, 5.41) is 3.81. The first-order valence-corrected chi connectivity index (χ1v) is 8.91. The van der Waals surface area contributed by atoms with Gasteiger partial charge >= 0.3 is 0 Å². The van der Waals surface area contributed by atoms with Gasteiger partial charge in [-0.1, -0.05) is 48.0 Å². The van der Waals surface area contributed by atoms with Crippen LogP contribution in [0.2, 0.25) is 5.02 Å². The van der Waals surface area contributed by atoms with Gasteiger partial charge in [-0.2, -0.15) is 0 Å². The quantitative estimate of drug-likeness (QED) is 0.706. The fraction of sp³-hybridized carbons (Fsp3) is 0.182. The molecule has 132 valence electrons. The number of nitrogens with zero attached hydrogens (tertiary/aromatic N) is 1. The molecule has 0 aliphatic heterocycles. The van der Waals surface area contributed by atoms with E-state index in [9.17, 15) is 4.79 Å². The first-order valence-electron chi connectivity index (χ1n) is 8.54. The highest BCUT2D eigenvalue weighted by molar-refractivity contribution is 6.30. The molecule has 0 aliphatic rings. The third kappa shape index (κ3) is 4.50. The Hall–Kier alpha value is -2.65. The summed E-state index contributed by atoms with van der Waals surface area (Å²) in [6.07, 6.45) is 3.83. The Morgan fingerprint density at radius 1 is 1.04 bits per heavy atom. The molecule has 0 bridgehead atoms. The summed E-state index contributed by atoms with van der Waals surface area (Å²) in [5.74, 6) is -0.0422. The smallest absolute Gasteiger partial charge is 0.225 e. The first kappa shape index (κ1) is 18.2. The minimum absolute atomic E-state index is 0.0422. The maximum atomic E-state index is 12.6. The lowest BCUT2D eigenvalue weighted by Crippen LogP contribution is -2.30. The van der Waals surface area contributed by atoms with Crippen LogP contribution in [-0.2, 0) is 11.2 Å². The molecule has 3 nitrogen and oxygen atoms in total. The van der Waals surface area contributed by atoms with Gasteiger partial charge in [-0.3, -0.25) is 9.78 Å². The number of hydrogen-bond donors (Lipinski definition) is 1. The van der Waals surface area contributed by atoms with Crippen molar-refractivity contribution in [1.29, 1.82) is 0 Å². The van der Waals surface area contributed by atoms with E-state index in [2.05, 4.69) is 42.3 Å². The second kappa shape index (κ2) is 8.15. The summed E-state index contributed by atoms with van der Waals surface area (Å²) in [6, 6.07) is 17.2. The van der Waals surface area contributed by atoms with Crippen LogP contribution >= 0.6 is 11.6 Å². The van der Waals surface area contributed by atoms with Crippen molar-refractivity contribution in [2.45, 2.75) is 26.3 Å². The van der Waals surface area contributed by atoms with Crippen LogP contribution < -0.4 is 5.32 Å². The molecule has 26 heavy (non-hydrogen) atoms. The number of aryl methyl sites for hydroxylation is 2. The third-order valence-electron chi connectivity index (χ3n) is 4.47. The SMILES string of the molecule is Cc1ccc([C@H](NC(=O)Cc2ccc(Cl)cc2)c2cccnc2)cc1C. The Bertz CT molecular complexity index is 892. The average molecular weight is 365 g/mol. The van der Waals surface area contributed by atoms with Crippen molar-refractivity contribution in [1.82, 2.24) is 10.3 Å². The molecule has 1 N–H and O–H groups in total. The van der Waals surface area contributed by atoms with Crippen molar-refractivity contribution >= 4 is 17.5 Å². The van der Waals surface area contributed by atoms with Crippen molar-refractivity contribution < 1.29 is 4.79 Å². The van der Waals surface area contributed by atoms with Gasteiger partial charge < -0.3 is 5.32 Å². The second-order valence-corrected chi connectivity index (χ2v) is 6.87. The number of carbonyl (C=O) groups is 1. The van der Waals surface area contributed by atoms with Crippen molar-refractivity contribution in [3.63, 3.8) is 0 Å². The number of amides is 1. The van der Waals surface area contributed by atoms with Gasteiger partial charge in [0.2, 0.25) is 5.91 Å². The van der Waals surface area contributed by atoms with E-state index in [1.165, 1.54) is 11.1 Å². The van der Waals surface area contributed by atoms with E-state index in [4.69, 9.17) is 11.6 Å². The molecule has 1 atom stereocenters. The minimum Gasteiger partial charge on any atom is -0.345 e. The van der Waals surface area contributed by atoms with Crippen LogP contribution in [0.3, 0.4) is 0 Å². The Kier molecular flexibility index (Phi) is 5.69. The molecule has 0 spiro atoms. The molecule has 0 saturated carbocycles. The fourth-order valence-electron chi connectivity index (χ4n) is 2.85. The lowest BCUT2D eigenvalue weighted by molar-refractivity contribution is -0.120. The highest BCUT2D eigenvalue weighted by atomic mass is 35.5. The molecule has 0 unspecified atom stereocenters. The van der Waals surface area contributed by atoms with Crippen LogP contribution in [0.25, 0.3) is 0 Å². The van der Waals surface area contributed by atoms with Gasteiger partial charge in [-0.05, 0) is 59.9 Å². The standard InChI is InChI=1S/C22H21ClN2O/c1-15-5-8-18(12-16(15)2)22(19-4-3-11-24-14-19)25-21(26)13-17-6-9-20(23)10-7-17/h3-12,14,22H,13H2,1-2H3,(H,25,26)/t22-/m0/s1. The molecular formula is C22H21ClN2O. The van der Waals surface area contributed by atoms with Gasteiger partial charge in [0.05, 0.1) is 12.5 Å². The molecule has 3 aromatic rings. The Balaban J connectivity index is 1.84. The van der Waals surface area contributed by atoms with Crippen LogP contribution in [-0.4, -0.2) is 10.9 Å². The Morgan fingerprint density at radius 3 is 2.46 bits per heavy atom. The second-order valence-electron chi connectivity index (χ2n) is 6.43. The number of hydrogen-bond acceptors (Lipinski definition) is 2. The van der Waals surface area contributed by atoms with Crippen molar-refractivity contribution in [3.8, 4) is 0 Å². The molecule has 0 fully saturated rings. The molecule has 3 rings (SSSR count). The summed E-state index contributed by atoms with van der Waals surface area (Å²) in [5.41, 5.74) is 5.36. The lowest BCUT2D eigenvalue weighted by Gasteiger charge is -2.20. The van der Waals surface area contributed by atoms with Gasteiger partial charge in [0.15, 0.2) is 0 Å². The normalized spacial score (nSPS) is 11.8. The number of pyridine rings is 1. The maximum absolute atomic E-state index is 12.6.